The van der Waals surface area contributed by atoms with Gasteiger partial charge in [0.1, 0.15) is 5.75 Å². The standard InChI is InChI=1S/C19H24ClN3O3S/c1-12-13(2)23(10-15-5-4-8-26-15)19(21-12)27-11-18(24)22-16-9-14(20)6-7-17(16)25-3/h6-7,9,15H,4-5,8,10-11H2,1-3H3,(H,22,24)/t15-/m0/s1. The number of anilines is 1. The molecule has 2 heterocycles. The molecule has 6 nitrogen and oxygen atoms in total. The minimum Gasteiger partial charge on any atom is -0.495 e. The quantitative estimate of drug-likeness (QED) is 0.698. The summed E-state index contributed by atoms with van der Waals surface area (Å²) in [4.78, 5) is 17.0. The normalized spacial score (nSPS) is 16.5. The smallest absolute Gasteiger partial charge is 0.234 e. The number of thioether (sulfide) groups is 1. The summed E-state index contributed by atoms with van der Waals surface area (Å²) in [6, 6.07) is 5.12. The number of ether oxygens (including phenoxy) is 2. The molecule has 2 aromatic rings. The number of carbonyl (C=O) groups excluding carboxylic acids is 1. The zero-order valence-electron chi connectivity index (χ0n) is 15.8. The van der Waals surface area contributed by atoms with Crippen LogP contribution in [0.3, 0.4) is 0 Å². The van der Waals surface area contributed by atoms with Gasteiger partial charge in [0.25, 0.3) is 0 Å². The Morgan fingerprint density at radius 1 is 1.48 bits per heavy atom. The molecule has 0 spiro atoms. The first-order valence-electron chi connectivity index (χ1n) is 8.89. The molecule has 0 saturated carbocycles. The third kappa shape index (κ3) is 4.97. The van der Waals surface area contributed by atoms with Gasteiger partial charge in [0.15, 0.2) is 5.16 Å². The van der Waals surface area contributed by atoms with Crippen LogP contribution in [0, 0.1) is 13.8 Å². The molecule has 1 N–H and O–H groups in total. The number of benzene rings is 1. The van der Waals surface area contributed by atoms with Crippen molar-refractivity contribution in [2.24, 2.45) is 0 Å². The number of aryl methyl sites for hydroxylation is 1. The average molecular weight is 410 g/mol. The van der Waals surface area contributed by atoms with Gasteiger partial charge >= 0.3 is 0 Å². The molecule has 146 valence electrons. The molecule has 1 aliphatic heterocycles. The van der Waals surface area contributed by atoms with Crippen LogP contribution in [0.25, 0.3) is 0 Å². The summed E-state index contributed by atoms with van der Waals surface area (Å²) >= 11 is 7.44. The highest BCUT2D eigenvalue weighted by Gasteiger charge is 2.21. The van der Waals surface area contributed by atoms with Gasteiger partial charge < -0.3 is 19.4 Å². The molecule has 27 heavy (non-hydrogen) atoms. The predicted octanol–water partition coefficient (Wildman–Crippen LogP) is 4.07. The van der Waals surface area contributed by atoms with Crippen LogP contribution in [0.1, 0.15) is 24.2 Å². The molecule has 1 amide bonds. The Morgan fingerprint density at radius 3 is 3.00 bits per heavy atom. The van der Waals surface area contributed by atoms with Gasteiger partial charge in [-0.25, -0.2) is 4.98 Å². The van der Waals surface area contributed by atoms with Crippen LogP contribution >= 0.6 is 23.4 Å². The van der Waals surface area contributed by atoms with E-state index in [0.29, 0.717) is 16.5 Å². The first-order chi connectivity index (χ1) is 13.0. The Balaban J connectivity index is 1.65. The summed E-state index contributed by atoms with van der Waals surface area (Å²) in [6.07, 6.45) is 2.39. The molecule has 1 aliphatic rings. The molecule has 0 unspecified atom stereocenters. The molecular weight excluding hydrogens is 386 g/mol. The zero-order chi connectivity index (χ0) is 19.4. The van der Waals surface area contributed by atoms with E-state index in [1.54, 1.807) is 25.3 Å². The maximum absolute atomic E-state index is 12.4. The Hall–Kier alpha value is -1.70. The van der Waals surface area contributed by atoms with Gasteiger partial charge in [-0.1, -0.05) is 23.4 Å². The molecule has 1 fully saturated rings. The van der Waals surface area contributed by atoms with E-state index in [2.05, 4.69) is 21.8 Å². The van der Waals surface area contributed by atoms with Gasteiger partial charge in [-0.15, -0.1) is 0 Å². The van der Waals surface area contributed by atoms with E-state index < -0.39 is 0 Å². The number of hydrogen-bond acceptors (Lipinski definition) is 5. The van der Waals surface area contributed by atoms with Gasteiger partial charge in [-0.05, 0) is 44.9 Å². The van der Waals surface area contributed by atoms with Crippen molar-refractivity contribution in [2.45, 2.75) is 44.5 Å². The van der Waals surface area contributed by atoms with Crippen molar-refractivity contribution in [1.82, 2.24) is 9.55 Å². The fourth-order valence-electron chi connectivity index (χ4n) is 3.03. The minimum atomic E-state index is -0.137. The summed E-state index contributed by atoms with van der Waals surface area (Å²) in [5.41, 5.74) is 2.66. The van der Waals surface area contributed by atoms with E-state index in [-0.39, 0.29) is 17.8 Å². The highest BCUT2D eigenvalue weighted by molar-refractivity contribution is 7.99. The number of nitrogens with zero attached hydrogens (tertiary/aromatic N) is 2. The number of rotatable bonds is 7. The number of nitrogens with one attached hydrogen (secondary N) is 1. The summed E-state index contributed by atoms with van der Waals surface area (Å²) in [6.45, 7) is 5.64. The molecule has 1 atom stereocenters. The third-order valence-corrected chi connectivity index (χ3v) is 5.81. The lowest BCUT2D eigenvalue weighted by molar-refractivity contribution is -0.113. The largest absolute Gasteiger partial charge is 0.495 e. The van der Waals surface area contributed by atoms with E-state index in [4.69, 9.17) is 21.1 Å². The lowest BCUT2D eigenvalue weighted by Gasteiger charge is -2.15. The van der Waals surface area contributed by atoms with Crippen LogP contribution in [0.2, 0.25) is 5.02 Å². The number of amides is 1. The van der Waals surface area contributed by atoms with Crippen LogP contribution in [-0.2, 0) is 16.1 Å². The highest BCUT2D eigenvalue weighted by Crippen LogP contribution is 2.29. The molecule has 3 rings (SSSR count). The first kappa shape index (κ1) is 20.0. The van der Waals surface area contributed by atoms with Crippen molar-refractivity contribution < 1.29 is 14.3 Å². The molecular formula is C19H24ClN3O3S. The number of imidazole rings is 1. The number of aromatic nitrogens is 2. The van der Waals surface area contributed by atoms with E-state index in [1.807, 2.05) is 6.92 Å². The Bertz CT molecular complexity index is 819. The van der Waals surface area contributed by atoms with Crippen molar-refractivity contribution in [3.8, 4) is 5.75 Å². The SMILES string of the molecule is COc1ccc(Cl)cc1NC(=O)CSc1nc(C)c(C)n1C[C@@H]1CCCO1. The highest BCUT2D eigenvalue weighted by atomic mass is 35.5. The van der Waals surface area contributed by atoms with E-state index in [0.717, 1.165) is 42.5 Å². The van der Waals surface area contributed by atoms with Gasteiger partial charge in [-0.2, -0.15) is 0 Å². The second-order valence-electron chi connectivity index (χ2n) is 6.49. The fourth-order valence-corrected chi connectivity index (χ4v) is 4.11. The van der Waals surface area contributed by atoms with E-state index in [9.17, 15) is 4.79 Å². The third-order valence-electron chi connectivity index (χ3n) is 4.60. The lowest BCUT2D eigenvalue weighted by atomic mass is 10.2. The van der Waals surface area contributed by atoms with Crippen LogP contribution in [0.4, 0.5) is 5.69 Å². The van der Waals surface area contributed by atoms with Gasteiger partial charge in [0, 0.05) is 17.3 Å². The molecule has 0 aliphatic carbocycles. The Morgan fingerprint density at radius 2 is 2.30 bits per heavy atom. The van der Waals surface area contributed by atoms with Crippen molar-refractivity contribution in [3.63, 3.8) is 0 Å². The number of carbonyl (C=O) groups is 1. The predicted molar refractivity (Wildman–Crippen MR) is 108 cm³/mol. The number of halogens is 1. The van der Waals surface area contributed by atoms with Gasteiger partial charge in [0.2, 0.25) is 5.91 Å². The lowest BCUT2D eigenvalue weighted by Crippen LogP contribution is -2.18. The monoisotopic (exact) mass is 409 g/mol. The van der Waals surface area contributed by atoms with E-state index >= 15 is 0 Å². The topological polar surface area (TPSA) is 65.4 Å². The Labute approximate surface area is 168 Å². The number of hydrogen-bond donors (Lipinski definition) is 1. The maximum Gasteiger partial charge on any atom is 0.234 e. The summed E-state index contributed by atoms with van der Waals surface area (Å²) in [5, 5.41) is 4.24. The Kier molecular flexibility index (Phi) is 6.68. The minimum absolute atomic E-state index is 0.137. The van der Waals surface area contributed by atoms with Gasteiger partial charge in [0.05, 0.1) is 36.9 Å². The van der Waals surface area contributed by atoms with Crippen LogP contribution in [-0.4, -0.2) is 41.0 Å². The molecule has 0 bridgehead atoms. The fraction of sp³-hybridized carbons (Fsp3) is 0.474. The zero-order valence-corrected chi connectivity index (χ0v) is 17.3. The molecule has 1 aromatic carbocycles. The molecule has 0 radical (unpaired) electrons. The summed E-state index contributed by atoms with van der Waals surface area (Å²) in [5.74, 6) is 0.684. The van der Waals surface area contributed by atoms with Crippen molar-refractivity contribution in [2.75, 3.05) is 24.8 Å². The van der Waals surface area contributed by atoms with Crippen molar-refractivity contribution in [1.29, 1.82) is 0 Å². The second kappa shape index (κ2) is 8.99. The van der Waals surface area contributed by atoms with Crippen molar-refractivity contribution in [3.05, 3.63) is 34.6 Å². The first-order valence-corrected chi connectivity index (χ1v) is 10.3. The van der Waals surface area contributed by atoms with Crippen LogP contribution in [0.5, 0.6) is 5.75 Å². The molecule has 1 aromatic heterocycles. The average Bonchev–Trinajstić information content (AvgIpc) is 3.24. The van der Waals surface area contributed by atoms with Crippen LogP contribution in [0.15, 0.2) is 23.4 Å². The molecule has 8 heteroatoms. The summed E-state index contributed by atoms with van der Waals surface area (Å²) in [7, 11) is 1.56. The number of methoxy groups -OCH3 is 1. The molecule has 1 saturated heterocycles. The van der Waals surface area contributed by atoms with Crippen LogP contribution < -0.4 is 10.1 Å². The second-order valence-corrected chi connectivity index (χ2v) is 7.87. The van der Waals surface area contributed by atoms with Crippen molar-refractivity contribution >= 4 is 35.0 Å². The van der Waals surface area contributed by atoms with Gasteiger partial charge in [-0.3, -0.25) is 4.79 Å². The van der Waals surface area contributed by atoms with E-state index in [1.165, 1.54) is 11.8 Å². The summed E-state index contributed by atoms with van der Waals surface area (Å²) < 4.78 is 13.2. The maximum atomic E-state index is 12.4.